The summed E-state index contributed by atoms with van der Waals surface area (Å²) in [4.78, 5) is 4.43. The molecule has 1 aliphatic rings. The van der Waals surface area contributed by atoms with E-state index in [4.69, 9.17) is 0 Å². The predicted octanol–water partition coefficient (Wildman–Crippen LogP) is 3.22. The largest absolute Gasteiger partial charge is 0.356 e. The fourth-order valence-corrected chi connectivity index (χ4v) is 4.28. The van der Waals surface area contributed by atoms with Gasteiger partial charge in [-0.05, 0) is 25.3 Å². The molecule has 28 heavy (non-hydrogen) atoms. The van der Waals surface area contributed by atoms with Crippen LogP contribution in [0.2, 0.25) is 0 Å². The van der Waals surface area contributed by atoms with E-state index in [0.29, 0.717) is 0 Å². The third-order valence-electron chi connectivity index (χ3n) is 5.92. The van der Waals surface area contributed by atoms with Crippen LogP contribution >= 0.6 is 0 Å². The Hall–Kier alpha value is -2.37. The molecule has 1 heterocycles. The molecular formula is C22H34N6. The van der Waals surface area contributed by atoms with Crippen molar-refractivity contribution in [2.24, 2.45) is 4.99 Å². The first-order chi connectivity index (χ1) is 13.7. The average Bonchev–Trinajstić information content (AvgIpc) is 3.18. The summed E-state index contributed by atoms with van der Waals surface area (Å²) in [5.41, 5.74) is 3.00. The van der Waals surface area contributed by atoms with Crippen LogP contribution in [0.3, 0.4) is 0 Å². The first-order valence-corrected chi connectivity index (χ1v) is 10.6. The molecule has 6 heteroatoms. The Morgan fingerprint density at radius 1 is 1.21 bits per heavy atom. The first-order valence-electron chi connectivity index (χ1n) is 10.6. The van der Waals surface area contributed by atoms with Crippen LogP contribution in [0.25, 0.3) is 0 Å². The number of aromatic nitrogens is 3. The van der Waals surface area contributed by atoms with Crippen LogP contribution in [0.1, 0.15) is 56.0 Å². The van der Waals surface area contributed by atoms with Crippen LogP contribution in [-0.4, -0.2) is 40.9 Å². The van der Waals surface area contributed by atoms with E-state index in [0.717, 1.165) is 37.8 Å². The van der Waals surface area contributed by atoms with Crippen LogP contribution in [0.15, 0.2) is 35.6 Å². The van der Waals surface area contributed by atoms with Crippen molar-refractivity contribution in [3.05, 3.63) is 47.5 Å². The number of aliphatic imine (C=N–C) groups is 1. The molecule has 3 rings (SSSR count). The van der Waals surface area contributed by atoms with E-state index in [-0.39, 0.29) is 5.41 Å². The molecule has 0 aliphatic heterocycles. The van der Waals surface area contributed by atoms with Crippen LogP contribution < -0.4 is 10.6 Å². The van der Waals surface area contributed by atoms with Crippen LogP contribution in [-0.2, 0) is 18.4 Å². The van der Waals surface area contributed by atoms with Gasteiger partial charge >= 0.3 is 0 Å². The molecule has 0 bridgehead atoms. The Kier molecular flexibility index (Phi) is 7.06. The zero-order valence-corrected chi connectivity index (χ0v) is 17.5. The average molecular weight is 383 g/mol. The van der Waals surface area contributed by atoms with E-state index < -0.39 is 0 Å². The lowest BCUT2D eigenvalue weighted by atomic mass is 9.69. The zero-order chi connectivity index (χ0) is 19.8. The number of aryl methyl sites for hydroxylation is 2. The van der Waals surface area contributed by atoms with Gasteiger partial charge in [-0.2, -0.15) is 0 Å². The highest BCUT2D eigenvalue weighted by atomic mass is 15.3. The molecule has 1 aromatic carbocycles. The minimum Gasteiger partial charge on any atom is -0.356 e. The van der Waals surface area contributed by atoms with Gasteiger partial charge < -0.3 is 15.2 Å². The van der Waals surface area contributed by atoms with Crippen molar-refractivity contribution in [3.63, 3.8) is 0 Å². The second kappa shape index (κ2) is 9.71. The quantitative estimate of drug-likeness (QED) is 0.570. The molecule has 0 unspecified atom stereocenters. The summed E-state index contributed by atoms with van der Waals surface area (Å²) in [6, 6.07) is 9.04. The topological polar surface area (TPSA) is 67.1 Å². The molecular weight excluding hydrogens is 348 g/mol. The van der Waals surface area contributed by atoms with E-state index in [2.05, 4.69) is 68.5 Å². The maximum Gasteiger partial charge on any atom is 0.191 e. The molecule has 0 atom stereocenters. The number of hydrogen-bond donors (Lipinski definition) is 2. The Balaban J connectivity index is 1.60. The molecule has 6 nitrogen and oxygen atoms in total. The van der Waals surface area contributed by atoms with Crippen molar-refractivity contribution in [1.29, 1.82) is 0 Å². The third kappa shape index (κ3) is 4.91. The van der Waals surface area contributed by atoms with Gasteiger partial charge in [-0.25, -0.2) is 0 Å². The van der Waals surface area contributed by atoms with Gasteiger partial charge in [0.25, 0.3) is 0 Å². The highest BCUT2D eigenvalue weighted by Crippen LogP contribution is 2.39. The molecule has 0 spiro atoms. The Bertz CT molecular complexity index is 773. The van der Waals surface area contributed by atoms with Crippen molar-refractivity contribution >= 4 is 5.96 Å². The van der Waals surface area contributed by atoms with Gasteiger partial charge in [-0.1, -0.05) is 56.0 Å². The number of guanidine groups is 1. The lowest BCUT2D eigenvalue weighted by molar-refractivity contribution is 0.291. The maximum atomic E-state index is 4.43. The molecule has 0 saturated heterocycles. The van der Waals surface area contributed by atoms with Crippen molar-refractivity contribution in [1.82, 2.24) is 25.4 Å². The molecule has 1 aromatic heterocycles. The number of rotatable bonds is 7. The Labute approximate surface area is 168 Å². The highest BCUT2D eigenvalue weighted by molar-refractivity contribution is 5.79. The van der Waals surface area contributed by atoms with Gasteiger partial charge in [0.05, 0.1) is 0 Å². The van der Waals surface area contributed by atoms with Gasteiger partial charge in [0.1, 0.15) is 12.2 Å². The maximum absolute atomic E-state index is 4.43. The molecule has 1 aliphatic carbocycles. The third-order valence-corrected chi connectivity index (χ3v) is 5.92. The van der Waals surface area contributed by atoms with Gasteiger partial charge in [0, 0.05) is 38.5 Å². The number of nitrogens with one attached hydrogen (secondary N) is 2. The first kappa shape index (κ1) is 20.4. The summed E-state index contributed by atoms with van der Waals surface area (Å²) in [7, 11) is 1.84. The summed E-state index contributed by atoms with van der Waals surface area (Å²) >= 11 is 0. The number of hydrogen-bond acceptors (Lipinski definition) is 3. The molecule has 2 N–H and O–H groups in total. The lowest BCUT2D eigenvalue weighted by Crippen LogP contribution is -2.47. The SMILES string of the molecule is CCc1nncn1CCNC(=NC)NCC1(c2cccc(C)c2)CCCCC1. The molecule has 0 radical (unpaired) electrons. The monoisotopic (exact) mass is 382 g/mol. The second-order valence-electron chi connectivity index (χ2n) is 7.86. The van der Waals surface area contributed by atoms with E-state index >= 15 is 0 Å². The van der Waals surface area contributed by atoms with Gasteiger partial charge in [-0.3, -0.25) is 4.99 Å². The number of nitrogens with zero attached hydrogens (tertiary/aromatic N) is 4. The normalized spacial score (nSPS) is 16.8. The van der Waals surface area contributed by atoms with Crippen LogP contribution in [0.4, 0.5) is 0 Å². The predicted molar refractivity (Wildman–Crippen MR) is 115 cm³/mol. The molecule has 1 fully saturated rings. The highest BCUT2D eigenvalue weighted by Gasteiger charge is 2.34. The van der Waals surface area contributed by atoms with E-state index in [9.17, 15) is 0 Å². The van der Waals surface area contributed by atoms with Crippen LogP contribution in [0.5, 0.6) is 0 Å². The van der Waals surface area contributed by atoms with Crippen molar-refractivity contribution in [2.75, 3.05) is 20.1 Å². The minimum atomic E-state index is 0.200. The fourth-order valence-electron chi connectivity index (χ4n) is 4.28. The lowest BCUT2D eigenvalue weighted by Gasteiger charge is -2.38. The van der Waals surface area contributed by atoms with Crippen molar-refractivity contribution in [3.8, 4) is 0 Å². The van der Waals surface area contributed by atoms with E-state index in [1.807, 2.05) is 7.05 Å². The smallest absolute Gasteiger partial charge is 0.191 e. The molecule has 0 amide bonds. The summed E-state index contributed by atoms with van der Waals surface area (Å²) in [5, 5.41) is 15.2. The summed E-state index contributed by atoms with van der Waals surface area (Å²) in [6.07, 6.45) is 9.11. The molecule has 152 valence electrons. The van der Waals surface area contributed by atoms with Gasteiger partial charge in [0.2, 0.25) is 0 Å². The van der Waals surface area contributed by atoms with Gasteiger partial charge in [0.15, 0.2) is 5.96 Å². The second-order valence-corrected chi connectivity index (χ2v) is 7.86. The standard InChI is InChI=1S/C22H34N6/c1-4-20-27-26-17-28(20)14-13-24-21(23-3)25-16-22(11-6-5-7-12-22)19-10-8-9-18(2)15-19/h8-10,15,17H,4-7,11-14,16H2,1-3H3,(H2,23,24,25). The molecule has 1 saturated carbocycles. The minimum absolute atomic E-state index is 0.200. The van der Waals surface area contributed by atoms with E-state index in [1.165, 1.54) is 43.2 Å². The summed E-state index contributed by atoms with van der Waals surface area (Å²) < 4.78 is 2.09. The zero-order valence-electron chi connectivity index (χ0n) is 17.5. The Morgan fingerprint density at radius 2 is 2.04 bits per heavy atom. The fraction of sp³-hybridized carbons (Fsp3) is 0.591. The summed E-state index contributed by atoms with van der Waals surface area (Å²) in [6.45, 7) is 6.83. The summed E-state index contributed by atoms with van der Waals surface area (Å²) in [5.74, 6) is 1.88. The number of benzene rings is 1. The van der Waals surface area contributed by atoms with Gasteiger partial charge in [-0.15, -0.1) is 10.2 Å². The van der Waals surface area contributed by atoms with E-state index in [1.54, 1.807) is 6.33 Å². The molecule has 2 aromatic rings. The van der Waals surface area contributed by atoms with Crippen LogP contribution in [0, 0.1) is 6.92 Å². The Morgan fingerprint density at radius 3 is 2.75 bits per heavy atom. The van der Waals surface area contributed by atoms with Crippen molar-refractivity contribution in [2.45, 2.75) is 64.3 Å². The van der Waals surface area contributed by atoms with Crippen molar-refractivity contribution < 1.29 is 0 Å².